The lowest BCUT2D eigenvalue weighted by atomic mass is 10.2. The second-order valence-corrected chi connectivity index (χ2v) is 4.05. The molecule has 0 amide bonds. The van der Waals surface area contributed by atoms with Gasteiger partial charge in [-0.15, -0.1) is 0 Å². The van der Waals surface area contributed by atoms with Crippen molar-refractivity contribution in [3.63, 3.8) is 0 Å². The fourth-order valence-corrected chi connectivity index (χ4v) is 1.53. The summed E-state index contributed by atoms with van der Waals surface area (Å²) in [5, 5.41) is 9.47. The highest BCUT2D eigenvalue weighted by atomic mass is 16.3. The molecule has 0 fully saturated rings. The van der Waals surface area contributed by atoms with E-state index < -0.39 is 0 Å². The van der Waals surface area contributed by atoms with E-state index in [0.29, 0.717) is 5.69 Å². The summed E-state index contributed by atoms with van der Waals surface area (Å²) in [5.74, 6) is 0.199. The van der Waals surface area contributed by atoms with Crippen molar-refractivity contribution in [1.29, 1.82) is 0 Å². The molecule has 0 bridgehead atoms. The maximum atomic E-state index is 9.47. The van der Waals surface area contributed by atoms with E-state index in [2.05, 4.69) is 15.0 Å². The molecular formula is C17H15N3O. The number of nitrogens with zero attached hydrogens (tertiary/aromatic N) is 3. The Balaban J connectivity index is 0.000000225. The largest absolute Gasteiger partial charge is 0.506 e. The average molecular weight is 277 g/mol. The highest BCUT2D eigenvalue weighted by Gasteiger charge is 1.94. The summed E-state index contributed by atoms with van der Waals surface area (Å²) in [6.07, 6.45) is 11.9. The third kappa shape index (κ3) is 5.24. The van der Waals surface area contributed by atoms with Gasteiger partial charge in [-0.25, -0.2) is 0 Å². The molecule has 3 rings (SSSR count). The van der Waals surface area contributed by atoms with Gasteiger partial charge in [0.2, 0.25) is 0 Å². The van der Waals surface area contributed by atoms with Crippen molar-refractivity contribution in [1.82, 2.24) is 15.0 Å². The van der Waals surface area contributed by atoms with Crippen LogP contribution < -0.4 is 0 Å². The summed E-state index contributed by atoms with van der Waals surface area (Å²) < 4.78 is 0. The Bertz CT molecular complexity index is 643. The van der Waals surface area contributed by atoms with E-state index in [1.54, 1.807) is 49.2 Å². The summed E-state index contributed by atoms with van der Waals surface area (Å²) in [4.78, 5) is 11.5. The van der Waals surface area contributed by atoms with Crippen LogP contribution in [0.2, 0.25) is 0 Å². The van der Waals surface area contributed by atoms with Crippen molar-refractivity contribution < 1.29 is 5.11 Å². The predicted octanol–water partition coefficient (Wildman–Crippen LogP) is 3.43. The van der Waals surface area contributed by atoms with Crippen LogP contribution in [-0.2, 0) is 0 Å². The van der Waals surface area contributed by atoms with Crippen LogP contribution in [0.5, 0.6) is 5.75 Å². The molecule has 0 unspecified atom stereocenters. The molecule has 0 saturated heterocycles. The van der Waals surface area contributed by atoms with Gasteiger partial charge in [-0.2, -0.15) is 0 Å². The summed E-state index contributed by atoms with van der Waals surface area (Å²) in [6.45, 7) is 0. The van der Waals surface area contributed by atoms with Gasteiger partial charge in [-0.05, 0) is 23.8 Å². The third-order valence-electron chi connectivity index (χ3n) is 2.53. The number of aromatic nitrogens is 3. The Labute approximate surface area is 123 Å². The second-order valence-electron chi connectivity index (χ2n) is 4.05. The molecule has 2 heterocycles. The maximum absolute atomic E-state index is 9.47. The van der Waals surface area contributed by atoms with E-state index in [1.807, 2.05) is 36.4 Å². The first kappa shape index (κ1) is 14.4. The number of benzene rings is 1. The van der Waals surface area contributed by atoms with Gasteiger partial charge in [-0.1, -0.05) is 36.4 Å². The van der Waals surface area contributed by atoms with Gasteiger partial charge in [-0.3, -0.25) is 15.0 Å². The van der Waals surface area contributed by atoms with Crippen LogP contribution in [-0.4, -0.2) is 20.1 Å². The summed E-state index contributed by atoms with van der Waals surface area (Å²) >= 11 is 0. The summed E-state index contributed by atoms with van der Waals surface area (Å²) in [5.41, 5.74) is 1.67. The average Bonchev–Trinajstić information content (AvgIpc) is 2.57. The quantitative estimate of drug-likeness (QED) is 0.779. The zero-order valence-corrected chi connectivity index (χ0v) is 11.4. The fourth-order valence-electron chi connectivity index (χ4n) is 1.53. The van der Waals surface area contributed by atoms with Crippen molar-refractivity contribution >= 4 is 12.2 Å². The first-order chi connectivity index (χ1) is 10.4. The Kier molecular flexibility index (Phi) is 5.64. The van der Waals surface area contributed by atoms with Crippen molar-refractivity contribution in [2.24, 2.45) is 0 Å². The topological polar surface area (TPSA) is 58.9 Å². The van der Waals surface area contributed by atoms with E-state index in [-0.39, 0.29) is 5.75 Å². The van der Waals surface area contributed by atoms with E-state index in [0.717, 1.165) is 5.56 Å². The predicted molar refractivity (Wildman–Crippen MR) is 83.3 cm³/mol. The van der Waals surface area contributed by atoms with Gasteiger partial charge in [0.05, 0.1) is 0 Å². The minimum Gasteiger partial charge on any atom is -0.506 e. The molecule has 0 aliphatic carbocycles. The summed E-state index contributed by atoms with van der Waals surface area (Å²) in [7, 11) is 0. The Morgan fingerprint density at radius 2 is 1.38 bits per heavy atom. The molecular weight excluding hydrogens is 262 g/mol. The number of hydrogen-bond donors (Lipinski definition) is 1. The fraction of sp³-hybridized carbons (Fsp3) is 0. The number of aromatic hydroxyl groups is 1. The molecule has 4 heteroatoms. The summed E-state index contributed by atoms with van der Waals surface area (Å²) in [6, 6.07) is 13.2. The lowest BCUT2D eigenvalue weighted by Crippen LogP contribution is -1.79. The Hall–Kier alpha value is -3.01. The Morgan fingerprint density at radius 1 is 0.714 bits per heavy atom. The first-order valence-electron chi connectivity index (χ1n) is 6.43. The van der Waals surface area contributed by atoms with Gasteiger partial charge < -0.3 is 5.11 Å². The van der Waals surface area contributed by atoms with Crippen molar-refractivity contribution in [3.05, 3.63) is 84.7 Å². The zero-order chi connectivity index (χ0) is 14.8. The highest BCUT2D eigenvalue weighted by molar-refractivity contribution is 5.70. The van der Waals surface area contributed by atoms with Crippen LogP contribution in [0.1, 0.15) is 11.3 Å². The van der Waals surface area contributed by atoms with Crippen molar-refractivity contribution in [2.75, 3.05) is 0 Å². The molecule has 3 aromatic rings. The van der Waals surface area contributed by atoms with Crippen molar-refractivity contribution in [3.8, 4) is 5.75 Å². The molecule has 1 N–H and O–H groups in total. The van der Waals surface area contributed by atoms with Gasteiger partial charge >= 0.3 is 0 Å². The molecule has 4 nitrogen and oxygen atoms in total. The van der Waals surface area contributed by atoms with Crippen LogP contribution in [0.3, 0.4) is 0 Å². The van der Waals surface area contributed by atoms with Gasteiger partial charge in [0.15, 0.2) is 0 Å². The van der Waals surface area contributed by atoms with Crippen LogP contribution >= 0.6 is 0 Å². The Morgan fingerprint density at radius 3 is 1.95 bits per heavy atom. The monoisotopic (exact) mass is 277 g/mol. The number of hydrogen-bond acceptors (Lipinski definition) is 4. The molecule has 0 saturated carbocycles. The van der Waals surface area contributed by atoms with Gasteiger partial charge in [0.1, 0.15) is 11.4 Å². The lowest BCUT2D eigenvalue weighted by molar-refractivity contribution is 0.471. The highest BCUT2D eigenvalue weighted by Crippen LogP contribution is 2.15. The van der Waals surface area contributed by atoms with E-state index in [1.165, 1.54) is 0 Å². The minimum atomic E-state index is 0.199. The SMILES string of the molecule is Oc1cccnc1C=Cc1ccccc1.c1cnccn1. The third-order valence-corrected chi connectivity index (χ3v) is 2.53. The lowest BCUT2D eigenvalue weighted by Gasteiger charge is -1.96. The molecule has 0 spiro atoms. The molecule has 21 heavy (non-hydrogen) atoms. The second kappa shape index (κ2) is 8.22. The van der Waals surface area contributed by atoms with Crippen LogP contribution in [0, 0.1) is 0 Å². The van der Waals surface area contributed by atoms with Crippen molar-refractivity contribution in [2.45, 2.75) is 0 Å². The van der Waals surface area contributed by atoms with Gasteiger partial charge in [0.25, 0.3) is 0 Å². The molecule has 0 aliphatic heterocycles. The van der Waals surface area contributed by atoms with Crippen LogP contribution in [0.25, 0.3) is 12.2 Å². The van der Waals surface area contributed by atoms with Gasteiger partial charge in [0, 0.05) is 31.0 Å². The normalized spacial score (nSPS) is 9.90. The molecule has 0 aliphatic rings. The molecule has 2 aromatic heterocycles. The first-order valence-corrected chi connectivity index (χ1v) is 6.43. The van der Waals surface area contributed by atoms with E-state index >= 15 is 0 Å². The van der Waals surface area contributed by atoms with E-state index in [4.69, 9.17) is 0 Å². The smallest absolute Gasteiger partial charge is 0.141 e. The standard InChI is InChI=1S/C13H11NO.C4H4N2/c15-13-7-4-10-14-12(13)9-8-11-5-2-1-3-6-11;1-2-6-4-3-5-1/h1-10,15H;1-4H. The van der Waals surface area contributed by atoms with E-state index in [9.17, 15) is 5.11 Å². The number of rotatable bonds is 2. The molecule has 104 valence electrons. The molecule has 1 aromatic carbocycles. The number of pyridine rings is 1. The zero-order valence-electron chi connectivity index (χ0n) is 11.4. The molecule has 0 atom stereocenters. The van der Waals surface area contributed by atoms with Crippen LogP contribution in [0.15, 0.2) is 73.4 Å². The maximum Gasteiger partial charge on any atom is 0.141 e. The van der Waals surface area contributed by atoms with Crippen LogP contribution in [0.4, 0.5) is 0 Å². The minimum absolute atomic E-state index is 0.199. The molecule has 0 radical (unpaired) electrons.